The zero-order valence-electron chi connectivity index (χ0n) is 12.1. The summed E-state index contributed by atoms with van der Waals surface area (Å²) in [6.07, 6.45) is 3.56. The number of nitrogens with zero attached hydrogens (tertiary/aromatic N) is 2. The molecule has 0 aliphatic carbocycles. The van der Waals surface area contributed by atoms with Gasteiger partial charge in [0.2, 0.25) is 0 Å². The van der Waals surface area contributed by atoms with Crippen molar-refractivity contribution in [2.75, 3.05) is 5.32 Å². The number of hydrogen-bond acceptors (Lipinski definition) is 4. The molecule has 0 aliphatic rings. The van der Waals surface area contributed by atoms with Crippen LogP contribution >= 0.6 is 27.3 Å². The van der Waals surface area contributed by atoms with Gasteiger partial charge in [-0.3, -0.25) is 0 Å². The Kier molecular flexibility index (Phi) is 3.33. The molecule has 4 aromatic rings. The number of rotatable bonds is 2. The molecule has 3 heterocycles. The molecule has 0 saturated heterocycles. The zero-order chi connectivity index (χ0) is 16.0. The van der Waals surface area contributed by atoms with E-state index in [1.54, 1.807) is 17.5 Å². The average molecular weight is 383 g/mol. The van der Waals surface area contributed by atoms with Crippen molar-refractivity contribution in [2.45, 2.75) is 6.92 Å². The van der Waals surface area contributed by atoms with E-state index < -0.39 is 0 Å². The molecule has 3 aromatic heterocycles. The number of hydrogen-bond donors (Lipinski definition) is 2. The second-order valence-corrected chi connectivity index (χ2v) is 6.94. The molecule has 0 aliphatic heterocycles. The van der Waals surface area contributed by atoms with Gasteiger partial charge in [0.15, 0.2) is 0 Å². The maximum Gasteiger partial charge on any atom is 0.126 e. The molecule has 6 heteroatoms. The molecule has 0 unspecified atom stereocenters. The van der Waals surface area contributed by atoms with Gasteiger partial charge < -0.3 is 10.3 Å². The predicted molar refractivity (Wildman–Crippen MR) is 98.4 cm³/mol. The van der Waals surface area contributed by atoms with Crippen molar-refractivity contribution >= 4 is 59.8 Å². The van der Waals surface area contributed by atoms with Crippen molar-refractivity contribution in [1.29, 1.82) is 5.26 Å². The average Bonchev–Trinajstić information content (AvgIpc) is 3.18. The maximum atomic E-state index is 9.45. The maximum absolute atomic E-state index is 9.45. The molecule has 4 rings (SSSR count). The molecule has 0 saturated carbocycles. The first-order valence-electron chi connectivity index (χ1n) is 6.98. The summed E-state index contributed by atoms with van der Waals surface area (Å²) in [6.45, 7) is 2.08. The van der Waals surface area contributed by atoms with Gasteiger partial charge in [0.05, 0.1) is 16.6 Å². The molecular weight excluding hydrogens is 372 g/mol. The van der Waals surface area contributed by atoms with Crippen LogP contribution in [0.1, 0.15) is 11.1 Å². The standard InChI is InChI=1S/C17H11BrN4S/c1-9-11-4-5-20-14(11)3-2-13(9)22-16-10(6-19)7-21-17-15(16)12(18)8-23-17/h2-5,7-8,20H,1H3,(H,21,22). The molecule has 1 aromatic carbocycles. The lowest BCUT2D eigenvalue weighted by molar-refractivity contribution is 1.38. The summed E-state index contributed by atoms with van der Waals surface area (Å²) in [7, 11) is 0. The lowest BCUT2D eigenvalue weighted by Crippen LogP contribution is -1.98. The van der Waals surface area contributed by atoms with Crippen LogP contribution in [0.5, 0.6) is 0 Å². The Hall–Kier alpha value is -2.36. The highest BCUT2D eigenvalue weighted by Gasteiger charge is 2.15. The molecule has 112 valence electrons. The largest absolute Gasteiger partial charge is 0.361 e. The van der Waals surface area contributed by atoms with Crippen molar-refractivity contribution in [3.8, 4) is 6.07 Å². The Morgan fingerprint density at radius 2 is 2.22 bits per heavy atom. The number of thiophene rings is 1. The summed E-state index contributed by atoms with van der Waals surface area (Å²) in [5, 5.41) is 17.0. The molecule has 0 radical (unpaired) electrons. The van der Waals surface area contributed by atoms with Crippen LogP contribution in [0.3, 0.4) is 0 Å². The van der Waals surface area contributed by atoms with Crippen LogP contribution in [0.15, 0.2) is 40.4 Å². The van der Waals surface area contributed by atoms with Gasteiger partial charge in [0.25, 0.3) is 0 Å². The highest BCUT2D eigenvalue weighted by Crippen LogP contribution is 2.38. The quantitative estimate of drug-likeness (QED) is 0.483. The van der Waals surface area contributed by atoms with Crippen molar-refractivity contribution in [1.82, 2.24) is 9.97 Å². The number of halogens is 1. The molecule has 0 fully saturated rings. The highest BCUT2D eigenvalue weighted by molar-refractivity contribution is 9.10. The van der Waals surface area contributed by atoms with E-state index >= 15 is 0 Å². The number of pyridine rings is 1. The fourth-order valence-corrected chi connectivity index (χ4v) is 4.31. The van der Waals surface area contributed by atoms with Crippen LogP contribution in [-0.4, -0.2) is 9.97 Å². The number of benzene rings is 1. The minimum atomic E-state index is 0.533. The zero-order valence-corrected chi connectivity index (χ0v) is 14.5. The van der Waals surface area contributed by atoms with E-state index in [-0.39, 0.29) is 0 Å². The second-order valence-electron chi connectivity index (χ2n) is 5.22. The third kappa shape index (κ3) is 2.21. The van der Waals surface area contributed by atoms with Crippen LogP contribution < -0.4 is 5.32 Å². The molecular formula is C17H11BrN4S. The Balaban J connectivity index is 1.93. The van der Waals surface area contributed by atoms with Gasteiger partial charge in [-0.15, -0.1) is 11.3 Å². The molecule has 0 atom stereocenters. The highest BCUT2D eigenvalue weighted by atomic mass is 79.9. The monoisotopic (exact) mass is 382 g/mol. The Morgan fingerprint density at radius 1 is 1.35 bits per heavy atom. The van der Waals surface area contributed by atoms with E-state index in [1.807, 2.05) is 23.7 Å². The summed E-state index contributed by atoms with van der Waals surface area (Å²) < 4.78 is 0.949. The van der Waals surface area contributed by atoms with E-state index in [4.69, 9.17) is 0 Å². The van der Waals surface area contributed by atoms with E-state index in [2.05, 4.69) is 50.3 Å². The van der Waals surface area contributed by atoms with E-state index in [1.165, 1.54) is 5.39 Å². The van der Waals surface area contributed by atoms with E-state index in [0.29, 0.717) is 5.56 Å². The van der Waals surface area contributed by atoms with Crippen molar-refractivity contribution in [3.05, 3.63) is 51.6 Å². The Bertz CT molecular complexity index is 1090. The van der Waals surface area contributed by atoms with Crippen LogP contribution in [0.25, 0.3) is 21.1 Å². The first-order valence-corrected chi connectivity index (χ1v) is 8.66. The third-order valence-corrected chi connectivity index (χ3v) is 5.76. The van der Waals surface area contributed by atoms with Gasteiger partial charge in [-0.05, 0) is 46.6 Å². The summed E-state index contributed by atoms with van der Waals surface area (Å²) in [6, 6.07) is 8.36. The summed E-state index contributed by atoms with van der Waals surface area (Å²) in [4.78, 5) is 8.47. The Labute approximate surface area is 144 Å². The van der Waals surface area contributed by atoms with Gasteiger partial charge in [-0.25, -0.2) is 4.98 Å². The normalized spacial score (nSPS) is 11.0. The molecule has 0 spiro atoms. The number of aromatic nitrogens is 2. The first-order chi connectivity index (χ1) is 11.2. The third-order valence-electron chi connectivity index (χ3n) is 3.94. The van der Waals surface area contributed by atoms with Gasteiger partial charge in [-0.2, -0.15) is 5.26 Å². The number of nitrogens with one attached hydrogen (secondary N) is 2. The van der Waals surface area contributed by atoms with Gasteiger partial charge in [0, 0.05) is 38.8 Å². The summed E-state index contributed by atoms with van der Waals surface area (Å²) in [5.41, 5.74) is 4.56. The van der Waals surface area contributed by atoms with Crippen LogP contribution in [0.2, 0.25) is 0 Å². The SMILES string of the molecule is Cc1c(Nc2c(C#N)cnc3scc(Br)c23)ccc2[nH]ccc12. The number of fused-ring (bicyclic) bond motifs is 2. The minimum Gasteiger partial charge on any atom is -0.361 e. The molecule has 0 amide bonds. The number of nitriles is 1. The molecule has 0 bridgehead atoms. The van der Waals surface area contributed by atoms with Crippen molar-refractivity contribution < 1.29 is 0 Å². The van der Waals surface area contributed by atoms with Crippen LogP contribution in [0, 0.1) is 18.3 Å². The number of aromatic amines is 1. The molecule has 23 heavy (non-hydrogen) atoms. The number of H-pyrrole nitrogens is 1. The van der Waals surface area contributed by atoms with Crippen LogP contribution in [0.4, 0.5) is 11.4 Å². The lowest BCUT2D eigenvalue weighted by atomic mass is 10.1. The van der Waals surface area contributed by atoms with Gasteiger partial charge in [-0.1, -0.05) is 0 Å². The number of anilines is 2. The smallest absolute Gasteiger partial charge is 0.126 e. The van der Waals surface area contributed by atoms with Crippen molar-refractivity contribution in [3.63, 3.8) is 0 Å². The lowest BCUT2D eigenvalue weighted by Gasteiger charge is -2.13. The topological polar surface area (TPSA) is 64.5 Å². The Morgan fingerprint density at radius 3 is 3.04 bits per heavy atom. The van der Waals surface area contributed by atoms with E-state index in [0.717, 1.165) is 37.1 Å². The minimum absolute atomic E-state index is 0.533. The summed E-state index contributed by atoms with van der Waals surface area (Å²) in [5.74, 6) is 0. The number of aryl methyl sites for hydroxylation is 1. The molecule has 4 nitrogen and oxygen atoms in total. The van der Waals surface area contributed by atoms with Crippen LogP contribution in [-0.2, 0) is 0 Å². The van der Waals surface area contributed by atoms with Gasteiger partial charge in [0.1, 0.15) is 10.9 Å². The van der Waals surface area contributed by atoms with Crippen molar-refractivity contribution in [2.24, 2.45) is 0 Å². The fraction of sp³-hybridized carbons (Fsp3) is 0.0588. The van der Waals surface area contributed by atoms with Gasteiger partial charge >= 0.3 is 0 Å². The predicted octanol–water partition coefficient (Wildman–Crippen LogP) is 5.46. The van der Waals surface area contributed by atoms with E-state index in [9.17, 15) is 5.26 Å². The first kappa shape index (κ1) is 14.2. The second kappa shape index (κ2) is 5.37. The molecule has 2 N–H and O–H groups in total. The fourth-order valence-electron chi connectivity index (χ4n) is 2.74. The summed E-state index contributed by atoms with van der Waals surface area (Å²) >= 11 is 5.12.